The smallest absolute Gasteiger partial charge is 0.316 e. The van der Waals surface area contributed by atoms with Crippen molar-refractivity contribution >= 4 is 0 Å². The van der Waals surface area contributed by atoms with Crippen LogP contribution in [-0.4, -0.2) is 29.7 Å². The number of nitrogens with zero attached hydrogens (tertiary/aromatic N) is 2. The van der Waals surface area contributed by atoms with Crippen molar-refractivity contribution in [3.05, 3.63) is 18.2 Å². The fraction of sp³-hybridized carbons (Fsp3) is 0.600. The van der Waals surface area contributed by atoms with Crippen LogP contribution in [0.2, 0.25) is 0 Å². The lowest BCUT2D eigenvalue weighted by Gasteiger charge is -2.22. The first-order chi connectivity index (χ1) is 7.34. The van der Waals surface area contributed by atoms with Gasteiger partial charge in [0.05, 0.1) is 19.0 Å². The van der Waals surface area contributed by atoms with Gasteiger partial charge in [0.2, 0.25) is 0 Å². The number of rotatable bonds is 3. The van der Waals surface area contributed by atoms with E-state index in [1.54, 1.807) is 0 Å². The fourth-order valence-corrected chi connectivity index (χ4v) is 1.63. The monoisotopic (exact) mass is 211 g/mol. The van der Waals surface area contributed by atoms with Gasteiger partial charge in [-0.15, -0.1) is 0 Å². The van der Waals surface area contributed by atoms with Crippen LogP contribution in [0.3, 0.4) is 0 Å². The zero-order valence-electron chi connectivity index (χ0n) is 8.45. The van der Waals surface area contributed by atoms with Crippen LogP contribution in [0.1, 0.15) is 12.8 Å². The zero-order chi connectivity index (χ0) is 10.5. The number of ether oxygens (including phenoxy) is 1. The highest BCUT2D eigenvalue weighted by Crippen LogP contribution is 2.11. The third kappa shape index (κ3) is 3.13. The van der Waals surface area contributed by atoms with Crippen molar-refractivity contribution in [3.8, 4) is 6.01 Å². The van der Waals surface area contributed by atoms with Gasteiger partial charge in [-0.05, 0) is 19.4 Å². The molecular formula is C10H14FN3O. The van der Waals surface area contributed by atoms with E-state index in [2.05, 4.69) is 15.3 Å². The number of hydrogen-bond donors (Lipinski definition) is 1. The predicted octanol–water partition coefficient (Wildman–Crippen LogP) is 0.994. The fourth-order valence-electron chi connectivity index (χ4n) is 1.63. The molecule has 15 heavy (non-hydrogen) atoms. The number of hydrogen-bond acceptors (Lipinski definition) is 4. The standard InChI is InChI=1S/C10H14FN3O/c11-9-5-13-10(14-6-9)15-7-8-2-1-3-12-4-8/h5-6,8,12H,1-4,7H2. The molecule has 1 aromatic heterocycles. The molecule has 0 saturated carbocycles. The maximum Gasteiger partial charge on any atom is 0.316 e. The largest absolute Gasteiger partial charge is 0.463 e. The first-order valence-electron chi connectivity index (χ1n) is 5.15. The Bertz CT molecular complexity index is 298. The molecule has 4 nitrogen and oxygen atoms in total. The number of nitrogens with one attached hydrogen (secondary N) is 1. The molecule has 2 heterocycles. The minimum atomic E-state index is -0.443. The van der Waals surface area contributed by atoms with Gasteiger partial charge < -0.3 is 10.1 Å². The summed E-state index contributed by atoms with van der Waals surface area (Å²) in [5.41, 5.74) is 0. The number of halogens is 1. The maximum atomic E-state index is 12.5. The molecule has 1 atom stereocenters. The molecule has 5 heteroatoms. The van der Waals surface area contributed by atoms with Crippen LogP contribution < -0.4 is 10.1 Å². The van der Waals surface area contributed by atoms with E-state index in [1.807, 2.05) is 0 Å². The van der Waals surface area contributed by atoms with Crippen molar-refractivity contribution in [2.45, 2.75) is 12.8 Å². The van der Waals surface area contributed by atoms with Gasteiger partial charge in [0.25, 0.3) is 0 Å². The van der Waals surface area contributed by atoms with E-state index in [4.69, 9.17) is 4.74 Å². The molecule has 1 saturated heterocycles. The van der Waals surface area contributed by atoms with Crippen LogP contribution in [0.4, 0.5) is 4.39 Å². The van der Waals surface area contributed by atoms with Crippen LogP contribution >= 0.6 is 0 Å². The van der Waals surface area contributed by atoms with Crippen LogP contribution in [0.15, 0.2) is 12.4 Å². The SMILES string of the molecule is Fc1cnc(OCC2CCCNC2)nc1. The van der Waals surface area contributed by atoms with E-state index in [-0.39, 0.29) is 6.01 Å². The average Bonchev–Trinajstić information content (AvgIpc) is 2.30. The lowest BCUT2D eigenvalue weighted by Crippen LogP contribution is -2.33. The van der Waals surface area contributed by atoms with Gasteiger partial charge >= 0.3 is 6.01 Å². The minimum Gasteiger partial charge on any atom is -0.463 e. The van der Waals surface area contributed by atoms with Gasteiger partial charge in [0.15, 0.2) is 5.82 Å². The Morgan fingerprint density at radius 2 is 2.27 bits per heavy atom. The summed E-state index contributed by atoms with van der Waals surface area (Å²) in [6.07, 6.45) is 4.56. The van der Waals surface area contributed by atoms with Gasteiger partial charge in [-0.3, -0.25) is 0 Å². The Labute approximate surface area is 87.9 Å². The molecule has 0 spiro atoms. The second kappa shape index (κ2) is 5.02. The second-order valence-corrected chi connectivity index (χ2v) is 3.71. The first-order valence-corrected chi connectivity index (χ1v) is 5.15. The van der Waals surface area contributed by atoms with Crippen LogP contribution in [0, 0.1) is 11.7 Å². The molecule has 1 aromatic rings. The molecule has 82 valence electrons. The van der Waals surface area contributed by atoms with Crippen molar-refractivity contribution in [1.29, 1.82) is 0 Å². The van der Waals surface area contributed by atoms with Crippen LogP contribution in [0.5, 0.6) is 6.01 Å². The van der Waals surface area contributed by atoms with E-state index in [0.29, 0.717) is 12.5 Å². The van der Waals surface area contributed by atoms with E-state index in [0.717, 1.165) is 31.9 Å². The molecule has 0 radical (unpaired) electrons. The first kappa shape index (κ1) is 10.3. The Morgan fingerprint density at radius 1 is 1.47 bits per heavy atom. The normalized spacial score (nSPS) is 21.3. The summed E-state index contributed by atoms with van der Waals surface area (Å²) in [4.78, 5) is 7.47. The van der Waals surface area contributed by atoms with Gasteiger partial charge in [-0.1, -0.05) is 0 Å². The predicted molar refractivity (Wildman–Crippen MR) is 53.1 cm³/mol. The third-order valence-electron chi connectivity index (χ3n) is 2.44. The van der Waals surface area contributed by atoms with Crippen molar-refractivity contribution in [1.82, 2.24) is 15.3 Å². The topological polar surface area (TPSA) is 47.0 Å². The molecule has 0 amide bonds. The molecule has 1 fully saturated rings. The number of aromatic nitrogens is 2. The van der Waals surface area contributed by atoms with Gasteiger partial charge in [0, 0.05) is 12.5 Å². The lowest BCUT2D eigenvalue weighted by atomic mass is 10.0. The van der Waals surface area contributed by atoms with Crippen molar-refractivity contribution in [2.24, 2.45) is 5.92 Å². The van der Waals surface area contributed by atoms with E-state index >= 15 is 0 Å². The van der Waals surface area contributed by atoms with Gasteiger partial charge in [-0.2, -0.15) is 0 Å². The highest BCUT2D eigenvalue weighted by Gasteiger charge is 2.13. The van der Waals surface area contributed by atoms with Crippen LogP contribution in [0.25, 0.3) is 0 Å². The summed E-state index contributed by atoms with van der Waals surface area (Å²) in [7, 11) is 0. The zero-order valence-corrected chi connectivity index (χ0v) is 8.45. The minimum absolute atomic E-state index is 0.252. The Hall–Kier alpha value is -1.23. The molecule has 2 rings (SSSR count). The molecule has 0 aromatic carbocycles. The molecule has 1 N–H and O–H groups in total. The Morgan fingerprint density at radius 3 is 2.93 bits per heavy atom. The number of piperidine rings is 1. The van der Waals surface area contributed by atoms with E-state index < -0.39 is 5.82 Å². The van der Waals surface area contributed by atoms with Crippen molar-refractivity contribution < 1.29 is 9.13 Å². The molecule has 0 aliphatic carbocycles. The summed E-state index contributed by atoms with van der Waals surface area (Å²) in [6, 6.07) is 0.252. The van der Waals surface area contributed by atoms with Crippen molar-refractivity contribution in [3.63, 3.8) is 0 Å². The van der Waals surface area contributed by atoms with Crippen LogP contribution in [-0.2, 0) is 0 Å². The Balaban J connectivity index is 1.79. The summed E-state index contributed by atoms with van der Waals surface area (Å²) in [5.74, 6) is 0.0640. The molecule has 1 aliphatic heterocycles. The molecule has 0 bridgehead atoms. The quantitative estimate of drug-likeness (QED) is 0.810. The second-order valence-electron chi connectivity index (χ2n) is 3.71. The third-order valence-corrected chi connectivity index (χ3v) is 2.44. The van der Waals surface area contributed by atoms with E-state index in [1.165, 1.54) is 6.42 Å². The maximum absolute atomic E-state index is 12.5. The van der Waals surface area contributed by atoms with E-state index in [9.17, 15) is 4.39 Å². The average molecular weight is 211 g/mol. The summed E-state index contributed by atoms with van der Waals surface area (Å²) in [5, 5.41) is 3.30. The van der Waals surface area contributed by atoms with Crippen molar-refractivity contribution in [2.75, 3.05) is 19.7 Å². The highest BCUT2D eigenvalue weighted by atomic mass is 19.1. The summed E-state index contributed by atoms with van der Waals surface area (Å²) in [6.45, 7) is 2.66. The Kier molecular flexibility index (Phi) is 3.45. The highest BCUT2D eigenvalue weighted by molar-refractivity contribution is 4.95. The lowest BCUT2D eigenvalue weighted by molar-refractivity contribution is 0.204. The summed E-state index contributed by atoms with van der Waals surface area (Å²) < 4.78 is 17.9. The van der Waals surface area contributed by atoms with Gasteiger partial charge in [-0.25, -0.2) is 14.4 Å². The van der Waals surface area contributed by atoms with Gasteiger partial charge in [0.1, 0.15) is 0 Å². The molecule has 1 aliphatic rings. The summed E-state index contributed by atoms with van der Waals surface area (Å²) >= 11 is 0. The molecular weight excluding hydrogens is 197 g/mol. The molecule has 1 unspecified atom stereocenters.